The molecule has 0 aromatic carbocycles. The van der Waals surface area contributed by atoms with Crippen molar-refractivity contribution in [3.05, 3.63) is 11.8 Å². The Morgan fingerprint density at radius 1 is 1.33 bits per heavy atom. The lowest BCUT2D eigenvalue weighted by atomic mass is 10.4. The first-order chi connectivity index (χ1) is 8.15. The van der Waals surface area contributed by atoms with Crippen LogP contribution in [0.15, 0.2) is 6.07 Å². The second-order valence-corrected chi connectivity index (χ2v) is 7.42. The molecule has 0 unspecified atom stereocenters. The van der Waals surface area contributed by atoms with Crippen molar-refractivity contribution in [1.29, 1.82) is 0 Å². The lowest BCUT2D eigenvalue weighted by Crippen LogP contribution is -2.20. The van der Waals surface area contributed by atoms with E-state index in [9.17, 15) is 16.8 Å². The van der Waals surface area contributed by atoms with Crippen LogP contribution in [0.5, 0.6) is 5.88 Å². The Morgan fingerprint density at radius 3 is 2.44 bits per heavy atom. The van der Waals surface area contributed by atoms with Crippen molar-refractivity contribution < 1.29 is 21.0 Å². The second kappa shape index (κ2) is 5.27. The van der Waals surface area contributed by atoms with Crippen molar-refractivity contribution in [2.45, 2.75) is 26.7 Å². The summed E-state index contributed by atoms with van der Waals surface area (Å²) in [6, 6.07) is 1.27. The molecule has 0 saturated carbocycles. The Labute approximate surface area is 107 Å². The molecular weight excluding hydrogens is 280 g/mol. The summed E-state index contributed by atoms with van der Waals surface area (Å²) in [7, 11) is -7.48. The quantitative estimate of drug-likeness (QED) is 0.710. The summed E-state index contributed by atoms with van der Waals surface area (Å²) in [6.45, 7) is 3.42. The monoisotopic (exact) mass is 296 g/mol. The normalized spacial score (nSPS) is 12.6. The Hall–Kier alpha value is -1.09. The predicted octanol–water partition coefficient (Wildman–Crippen LogP) is 0.508. The van der Waals surface area contributed by atoms with Gasteiger partial charge in [-0.3, -0.25) is 0 Å². The zero-order valence-corrected chi connectivity index (χ0v) is 12.1. The highest BCUT2D eigenvalue weighted by Crippen LogP contribution is 2.18. The van der Waals surface area contributed by atoms with Crippen LogP contribution in [0.2, 0.25) is 0 Å². The molecule has 0 aliphatic carbocycles. The molecule has 7 nitrogen and oxygen atoms in total. The molecular formula is C9H16N2O5S2. The highest BCUT2D eigenvalue weighted by molar-refractivity contribution is 7.90. The van der Waals surface area contributed by atoms with Crippen LogP contribution in [0.4, 0.5) is 0 Å². The van der Waals surface area contributed by atoms with Crippen LogP contribution in [-0.2, 0) is 20.1 Å². The molecule has 1 aromatic rings. The lowest BCUT2D eigenvalue weighted by molar-refractivity contribution is 0.472. The van der Waals surface area contributed by atoms with Crippen molar-refractivity contribution >= 4 is 20.1 Å². The van der Waals surface area contributed by atoms with E-state index in [0.717, 1.165) is 6.26 Å². The first-order valence-electron chi connectivity index (χ1n) is 5.35. The maximum absolute atomic E-state index is 11.9. The van der Waals surface area contributed by atoms with E-state index in [-0.39, 0.29) is 11.6 Å². The van der Waals surface area contributed by atoms with Gasteiger partial charge in [-0.25, -0.2) is 8.42 Å². The van der Waals surface area contributed by atoms with Gasteiger partial charge in [-0.05, 0) is 13.3 Å². The highest BCUT2D eigenvalue weighted by Gasteiger charge is 2.22. The van der Waals surface area contributed by atoms with E-state index >= 15 is 0 Å². The van der Waals surface area contributed by atoms with Gasteiger partial charge in [-0.2, -0.15) is 13.5 Å². The molecule has 0 aliphatic heterocycles. The van der Waals surface area contributed by atoms with Crippen LogP contribution in [0, 0.1) is 6.92 Å². The predicted molar refractivity (Wildman–Crippen MR) is 66.5 cm³/mol. The third kappa shape index (κ3) is 3.98. The molecule has 0 aliphatic rings. The van der Waals surface area contributed by atoms with Crippen LogP contribution in [0.3, 0.4) is 0 Å². The van der Waals surface area contributed by atoms with Crippen LogP contribution in [0.1, 0.15) is 25.5 Å². The maximum atomic E-state index is 11.9. The third-order valence-corrected chi connectivity index (χ3v) is 4.09. The summed E-state index contributed by atoms with van der Waals surface area (Å²) in [5.41, 5.74) is 0.369. The first kappa shape index (κ1) is 15.0. The molecule has 1 aromatic heterocycles. The minimum Gasteiger partial charge on any atom is -0.361 e. The second-order valence-electron chi connectivity index (χ2n) is 3.92. The molecule has 18 heavy (non-hydrogen) atoms. The zero-order valence-electron chi connectivity index (χ0n) is 10.5. The summed E-state index contributed by atoms with van der Waals surface area (Å²) < 4.78 is 51.2. The number of nitrogens with zero attached hydrogens (tertiary/aromatic N) is 2. The highest BCUT2D eigenvalue weighted by atomic mass is 32.2. The molecule has 0 saturated heterocycles. The molecule has 1 rings (SSSR count). The van der Waals surface area contributed by atoms with Gasteiger partial charge < -0.3 is 4.18 Å². The van der Waals surface area contributed by atoms with Crippen LogP contribution in [-0.4, -0.2) is 38.0 Å². The SMILES string of the molecule is CCCCS(=O)(=O)n1nc(C)cc1OS(C)(=O)=O. The van der Waals surface area contributed by atoms with E-state index in [1.807, 2.05) is 6.92 Å². The Morgan fingerprint density at radius 2 is 1.94 bits per heavy atom. The fourth-order valence-corrected chi connectivity index (χ4v) is 3.20. The summed E-state index contributed by atoms with van der Waals surface area (Å²) >= 11 is 0. The van der Waals surface area contributed by atoms with Gasteiger partial charge in [0.15, 0.2) is 0 Å². The van der Waals surface area contributed by atoms with Gasteiger partial charge in [0.2, 0.25) is 5.88 Å². The number of hydrogen-bond acceptors (Lipinski definition) is 6. The van der Waals surface area contributed by atoms with E-state index < -0.39 is 20.1 Å². The van der Waals surface area contributed by atoms with Gasteiger partial charge in [-0.15, -0.1) is 4.09 Å². The zero-order chi connectivity index (χ0) is 14.0. The van der Waals surface area contributed by atoms with E-state index in [4.69, 9.17) is 0 Å². The number of hydrogen-bond donors (Lipinski definition) is 0. The molecule has 0 atom stereocenters. The molecule has 9 heteroatoms. The average molecular weight is 296 g/mol. The van der Waals surface area contributed by atoms with Crippen molar-refractivity contribution in [2.24, 2.45) is 0 Å². The molecule has 104 valence electrons. The van der Waals surface area contributed by atoms with Crippen molar-refractivity contribution in [3.8, 4) is 5.88 Å². The summed E-state index contributed by atoms with van der Waals surface area (Å²) in [5.74, 6) is -0.406. The number of unbranched alkanes of at least 4 members (excludes halogenated alkanes) is 1. The standard InChI is InChI=1S/C9H16N2O5S2/c1-4-5-6-18(14,15)11-9(7-8(2)10-11)16-17(3,12)13/h7H,4-6H2,1-3H3. The largest absolute Gasteiger partial charge is 0.361 e. The molecule has 0 N–H and O–H groups in total. The van der Waals surface area contributed by atoms with E-state index in [1.54, 1.807) is 6.92 Å². The summed E-state index contributed by atoms with van der Waals surface area (Å²) in [5, 5.41) is 3.76. The number of rotatable bonds is 6. The third-order valence-electron chi connectivity index (χ3n) is 2.03. The minimum absolute atomic E-state index is 0.106. The smallest absolute Gasteiger partial charge is 0.307 e. The molecule has 0 bridgehead atoms. The fourth-order valence-electron chi connectivity index (χ4n) is 1.28. The minimum atomic E-state index is -3.79. The van der Waals surface area contributed by atoms with Crippen molar-refractivity contribution in [3.63, 3.8) is 0 Å². The first-order valence-corrected chi connectivity index (χ1v) is 8.77. The van der Waals surface area contributed by atoms with E-state index in [2.05, 4.69) is 9.28 Å². The topological polar surface area (TPSA) is 95.3 Å². The summed E-state index contributed by atoms with van der Waals surface area (Å²) in [4.78, 5) is 0. The van der Waals surface area contributed by atoms with E-state index in [0.29, 0.717) is 22.6 Å². The molecule has 0 amide bonds. The van der Waals surface area contributed by atoms with Crippen molar-refractivity contribution in [2.75, 3.05) is 12.0 Å². The fraction of sp³-hybridized carbons (Fsp3) is 0.667. The Balaban J connectivity index is 3.17. The van der Waals surface area contributed by atoms with Gasteiger partial charge in [0.25, 0.3) is 10.0 Å². The molecule has 1 heterocycles. The Kier molecular flexibility index (Phi) is 4.38. The maximum Gasteiger partial charge on any atom is 0.307 e. The van der Waals surface area contributed by atoms with Gasteiger partial charge in [-0.1, -0.05) is 13.3 Å². The number of aromatic nitrogens is 2. The van der Waals surface area contributed by atoms with Crippen LogP contribution >= 0.6 is 0 Å². The molecule has 0 spiro atoms. The lowest BCUT2D eigenvalue weighted by Gasteiger charge is -2.07. The van der Waals surface area contributed by atoms with E-state index in [1.165, 1.54) is 6.07 Å². The summed E-state index contributed by atoms with van der Waals surface area (Å²) in [6.07, 6.45) is 2.03. The van der Waals surface area contributed by atoms with Crippen LogP contribution < -0.4 is 4.18 Å². The van der Waals surface area contributed by atoms with Gasteiger partial charge in [0.1, 0.15) is 0 Å². The average Bonchev–Trinajstić information content (AvgIpc) is 2.54. The molecule has 0 fully saturated rings. The van der Waals surface area contributed by atoms with Gasteiger partial charge >= 0.3 is 10.1 Å². The van der Waals surface area contributed by atoms with Gasteiger partial charge in [0.05, 0.1) is 17.7 Å². The van der Waals surface area contributed by atoms with Crippen LogP contribution in [0.25, 0.3) is 0 Å². The number of aryl methyl sites for hydroxylation is 1. The van der Waals surface area contributed by atoms with Crippen molar-refractivity contribution in [1.82, 2.24) is 9.19 Å². The molecule has 0 radical (unpaired) electrons. The Bertz CT molecular complexity index is 615. The van der Waals surface area contributed by atoms with Gasteiger partial charge in [0, 0.05) is 6.07 Å².